The van der Waals surface area contributed by atoms with Crippen LogP contribution in [0.5, 0.6) is 0 Å². The summed E-state index contributed by atoms with van der Waals surface area (Å²) in [6.07, 6.45) is 0.710. The number of thiazole rings is 1. The molecule has 0 aliphatic carbocycles. The van der Waals surface area contributed by atoms with Gasteiger partial charge < -0.3 is 5.32 Å². The molecule has 2 aromatic rings. The lowest BCUT2D eigenvalue weighted by molar-refractivity contribution is 0.530. The van der Waals surface area contributed by atoms with Crippen molar-refractivity contribution in [3.63, 3.8) is 0 Å². The highest BCUT2D eigenvalue weighted by molar-refractivity contribution is 7.09. The molecule has 1 N–H and O–H groups in total. The monoisotopic (exact) mass is 264 g/mol. The molecule has 0 radical (unpaired) electrons. The van der Waals surface area contributed by atoms with Crippen molar-refractivity contribution < 1.29 is 4.39 Å². The molecule has 2 rings (SSSR count). The van der Waals surface area contributed by atoms with Crippen molar-refractivity contribution >= 4 is 11.3 Å². The highest BCUT2D eigenvalue weighted by atomic mass is 32.1. The number of rotatable bonds is 4. The van der Waals surface area contributed by atoms with Crippen molar-refractivity contribution in [1.82, 2.24) is 10.3 Å². The molecular formula is C14H17FN2S. The van der Waals surface area contributed by atoms with Crippen LogP contribution < -0.4 is 5.32 Å². The lowest BCUT2D eigenvalue weighted by Gasteiger charge is -2.17. The average Bonchev–Trinajstić information content (AvgIpc) is 2.75. The highest BCUT2D eigenvalue weighted by Crippen LogP contribution is 2.23. The second-order valence-electron chi connectivity index (χ2n) is 4.43. The van der Waals surface area contributed by atoms with Gasteiger partial charge in [0.25, 0.3) is 0 Å². The van der Waals surface area contributed by atoms with E-state index in [1.54, 1.807) is 17.4 Å². The standard InChI is InChI=1S/C14H17FN2S/c1-9-4-5-13(15)12(6-9)14(16-3)7-11-8-18-10(2)17-11/h4-6,8,14,16H,7H2,1-3H3. The van der Waals surface area contributed by atoms with Crippen LogP contribution in [-0.4, -0.2) is 12.0 Å². The number of nitrogens with one attached hydrogen (secondary N) is 1. The number of halogens is 1. The Kier molecular flexibility index (Phi) is 4.09. The third-order valence-electron chi connectivity index (χ3n) is 2.96. The Hall–Kier alpha value is -1.26. The summed E-state index contributed by atoms with van der Waals surface area (Å²) in [6.45, 7) is 3.96. The number of hydrogen-bond acceptors (Lipinski definition) is 3. The van der Waals surface area contributed by atoms with Crippen LogP contribution >= 0.6 is 11.3 Å². The molecule has 0 spiro atoms. The van der Waals surface area contributed by atoms with E-state index in [1.807, 2.05) is 32.3 Å². The van der Waals surface area contributed by atoms with E-state index in [9.17, 15) is 4.39 Å². The molecule has 18 heavy (non-hydrogen) atoms. The molecule has 1 heterocycles. The van der Waals surface area contributed by atoms with E-state index in [4.69, 9.17) is 0 Å². The highest BCUT2D eigenvalue weighted by Gasteiger charge is 2.16. The van der Waals surface area contributed by atoms with E-state index >= 15 is 0 Å². The van der Waals surface area contributed by atoms with Crippen molar-refractivity contribution in [2.45, 2.75) is 26.3 Å². The van der Waals surface area contributed by atoms with Gasteiger partial charge in [0, 0.05) is 23.4 Å². The fraction of sp³-hybridized carbons (Fsp3) is 0.357. The number of likely N-dealkylation sites (N-methyl/N-ethyl adjacent to an activating group) is 1. The number of hydrogen-bond donors (Lipinski definition) is 1. The molecule has 2 nitrogen and oxygen atoms in total. The Morgan fingerprint density at radius 1 is 1.39 bits per heavy atom. The van der Waals surface area contributed by atoms with E-state index in [0.717, 1.165) is 16.3 Å². The zero-order valence-corrected chi connectivity index (χ0v) is 11.6. The molecule has 96 valence electrons. The first kappa shape index (κ1) is 13.2. The number of aryl methyl sites for hydroxylation is 2. The van der Waals surface area contributed by atoms with Gasteiger partial charge in [-0.15, -0.1) is 11.3 Å². The molecule has 1 unspecified atom stereocenters. The van der Waals surface area contributed by atoms with Gasteiger partial charge in [-0.05, 0) is 27.0 Å². The van der Waals surface area contributed by atoms with E-state index in [0.29, 0.717) is 12.0 Å². The average molecular weight is 264 g/mol. The van der Waals surface area contributed by atoms with Crippen molar-refractivity contribution in [2.75, 3.05) is 7.05 Å². The summed E-state index contributed by atoms with van der Waals surface area (Å²) < 4.78 is 13.9. The third kappa shape index (κ3) is 2.94. The molecule has 0 saturated carbocycles. The minimum atomic E-state index is -0.160. The maximum absolute atomic E-state index is 13.9. The number of aromatic nitrogens is 1. The Labute approximate surface area is 111 Å². The first-order valence-electron chi connectivity index (χ1n) is 5.94. The van der Waals surface area contributed by atoms with E-state index in [2.05, 4.69) is 10.3 Å². The molecule has 0 aliphatic rings. The van der Waals surface area contributed by atoms with Crippen molar-refractivity contribution in [3.8, 4) is 0 Å². The van der Waals surface area contributed by atoms with Crippen molar-refractivity contribution in [2.24, 2.45) is 0 Å². The Bertz CT molecular complexity index is 536. The Morgan fingerprint density at radius 3 is 2.78 bits per heavy atom. The summed E-state index contributed by atoms with van der Waals surface area (Å²) in [5, 5.41) is 6.25. The van der Waals surface area contributed by atoms with Crippen LogP contribution in [0.3, 0.4) is 0 Å². The van der Waals surface area contributed by atoms with Crippen molar-refractivity contribution in [3.05, 3.63) is 51.2 Å². The number of benzene rings is 1. The van der Waals surface area contributed by atoms with Gasteiger partial charge in [0.15, 0.2) is 0 Å². The smallest absolute Gasteiger partial charge is 0.128 e. The van der Waals surface area contributed by atoms with Gasteiger partial charge in [-0.25, -0.2) is 9.37 Å². The topological polar surface area (TPSA) is 24.9 Å². The van der Waals surface area contributed by atoms with Crippen molar-refractivity contribution in [1.29, 1.82) is 0 Å². The number of nitrogens with zero attached hydrogens (tertiary/aromatic N) is 1. The van der Waals surface area contributed by atoms with Gasteiger partial charge in [-0.3, -0.25) is 0 Å². The predicted molar refractivity (Wildman–Crippen MR) is 73.5 cm³/mol. The first-order chi connectivity index (χ1) is 8.60. The minimum Gasteiger partial charge on any atom is -0.313 e. The molecule has 1 atom stereocenters. The van der Waals surface area contributed by atoms with Gasteiger partial charge in [0.1, 0.15) is 5.82 Å². The van der Waals surface area contributed by atoms with Gasteiger partial charge in [0.05, 0.1) is 10.7 Å². The third-order valence-corrected chi connectivity index (χ3v) is 3.78. The molecule has 0 saturated heterocycles. The minimum absolute atomic E-state index is 0.0357. The molecule has 0 fully saturated rings. The van der Waals surface area contributed by atoms with Crippen LogP contribution in [0.25, 0.3) is 0 Å². The molecule has 1 aromatic carbocycles. The summed E-state index contributed by atoms with van der Waals surface area (Å²) in [5.41, 5.74) is 2.79. The van der Waals surface area contributed by atoms with Gasteiger partial charge >= 0.3 is 0 Å². The normalized spacial score (nSPS) is 12.7. The summed E-state index contributed by atoms with van der Waals surface area (Å²) in [7, 11) is 1.85. The fourth-order valence-electron chi connectivity index (χ4n) is 2.01. The van der Waals surface area contributed by atoms with Gasteiger partial charge in [0.2, 0.25) is 0 Å². The quantitative estimate of drug-likeness (QED) is 0.915. The fourth-order valence-corrected chi connectivity index (χ4v) is 2.63. The lowest BCUT2D eigenvalue weighted by atomic mass is 10.00. The predicted octanol–water partition coefficient (Wildman–Crippen LogP) is 3.40. The molecule has 1 aromatic heterocycles. The zero-order chi connectivity index (χ0) is 13.1. The second kappa shape index (κ2) is 5.59. The largest absolute Gasteiger partial charge is 0.313 e. The SMILES string of the molecule is CNC(Cc1csc(C)n1)c1cc(C)ccc1F. The molecule has 0 bridgehead atoms. The molecular weight excluding hydrogens is 247 g/mol. The maximum atomic E-state index is 13.9. The molecule has 4 heteroatoms. The van der Waals surface area contributed by atoms with Crippen LogP contribution in [0.2, 0.25) is 0 Å². The van der Waals surface area contributed by atoms with E-state index < -0.39 is 0 Å². The van der Waals surface area contributed by atoms with Crippen LogP contribution in [-0.2, 0) is 6.42 Å². The summed E-state index contributed by atoms with van der Waals surface area (Å²) in [6, 6.07) is 5.18. The second-order valence-corrected chi connectivity index (χ2v) is 5.49. The maximum Gasteiger partial charge on any atom is 0.128 e. The summed E-state index contributed by atoms with van der Waals surface area (Å²) in [4.78, 5) is 4.43. The Balaban J connectivity index is 2.25. The Morgan fingerprint density at radius 2 is 2.17 bits per heavy atom. The van der Waals surface area contributed by atoms with Crippen LogP contribution in [0.4, 0.5) is 4.39 Å². The molecule has 0 amide bonds. The first-order valence-corrected chi connectivity index (χ1v) is 6.82. The summed E-state index contributed by atoms with van der Waals surface area (Å²) in [5.74, 6) is -0.160. The van der Waals surface area contributed by atoms with Crippen LogP contribution in [0.15, 0.2) is 23.6 Å². The van der Waals surface area contributed by atoms with E-state index in [-0.39, 0.29) is 11.9 Å². The summed E-state index contributed by atoms with van der Waals surface area (Å²) >= 11 is 1.63. The van der Waals surface area contributed by atoms with Gasteiger partial charge in [-0.1, -0.05) is 17.7 Å². The zero-order valence-electron chi connectivity index (χ0n) is 10.8. The molecule has 0 aliphatic heterocycles. The van der Waals surface area contributed by atoms with Crippen LogP contribution in [0.1, 0.15) is 27.9 Å². The lowest BCUT2D eigenvalue weighted by Crippen LogP contribution is -2.20. The van der Waals surface area contributed by atoms with Gasteiger partial charge in [-0.2, -0.15) is 0 Å². The van der Waals surface area contributed by atoms with E-state index in [1.165, 1.54) is 6.07 Å². The van der Waals surface area contributed by atoms with Crippen LogP contribution in [0, 0.1) is 19.7 Å².